The Labute approximate surface area is 51.7 Å². The molecular formula is C6H13Cl. The van der Waals surface area contributed by atoms with Crippen LogP contribution in [0.1, 0.15) is 32.6 Å². The summed E-state index contributed by atoms with van der Waals surface area (Å²) >= 11 is 0. The van der Waals surface area contributed by atoms with Crippen molar-refractivity contribution in [1.82, 2.24) is 0 Å². The molecule has 1 aliphatic rings. The van der Waals surface area contributed by atoms with Crippen molar-refractivity contribution in [2.24, 2.45) is 5.92 Å². The number of hydrogen-bond acceptors (Lipinski definition) is 0. The molecule has 44 valence electrons. The van der Waals surface area contributed by atoms with Crippen molar-refractivity contribution in [2.45, 2.75) is 32.6 Å². The van der Waals surface area contributed by atoms with Gasteiger partial charge < -0.3 is 0 Å². The molecule has 1 saturated carbocycles. The molecule has 0 saturated heterocycles. The highest BCUT2D eigenvalue weighted by Crippen LogP contribution is 2.22. The predicted molar refractivity (Wildman–Crippen MR) is 34.9 cm³/mol. The van der Waals surface area contributed by atoms with E-state index in [1.165, 1.54) is 25.7 Å². The van der Waals surface area contributed by atoms with E-state index in [0.29, 0.717) is 0 Å². The van der Waals surface area contributed by atoms with E-state index in [-0.39, 0.29) is 12.4 Å². The summed E-state index contributed by atoms with van der Waals surface area (Å²) in [6.07, 6.45) is 5.95. The van der Waals surface area contributed by atoms with Crippen molar-refractivity contribution in [3.8, 4) is 0 Å². The predicted octanol–water partition coefficient (Wildman–Crippen LogP) is 2.62. The Morgan fingerprint density at radius 2 is 1.57 bits per heavy atom. The summed E-state index contributed by atoms with van der Waals surface area (Å²) in [5.41, 5.74) is 0. The summed E-state index contributed by atoms with van der Waals surface area (Å²) in [6.45, 7) is 2.34. The molecule has 0 heterocycles. The molecule has 0 spiro atoms. The lowest BCUT2D eigenvalue weighted by atomic mass is 10.2. The molecule has 0 aromatic carbocycles. The molecule has 0 radical (unpaired) electrons. The van der Waals surface area contributed by atoms with Crippen LogP contribution in [0.15, 0.2) is 0 Å². The summed E-state index contributed by atoms with van der Waals surface area (Å²) in [5.74, 6) is 1.05. The number of halogens is 1. The van der Waals surface area contributed by atoms with Gasteiger partial charge in [-0.3, -0.25) is 0 Å². The van der Waals surface area contributed by atoms with Gasteiger partial charge in [0.2, 0.25) is 0 Å². The highest BCUT2D eigenvalue weighted by molar-refractivity contribution is 5.85. The highest BCUT2D eigenvalue weighted by atomic mass is 35.5. The Kier molecular flexibility index (Phi) is 3.45. The minimum atomic E-state index is 0. The van der Waals surface area contributed by atoms with E-state index >= 15 is 0 Å². The molecule has 0 aromatic heterocycles. The van der Waals surface area contributed by atoms with Crippen LogP contribution in [0.3, 0.4) is 0 Å². The normalized spacial score (nSPS) is 21.9. The molecule has 0 amide bonds. The Morgan fingerprint density at radius 1 is 1.14 bits per heavy atom. The van der Waals surface area contributed by atoms with E-state index in [9.17, 15) is 0 Å². The third-order valence-corrected chi connectivity index (χ3v) is 1.64. The van der Waals surface area contributed by atoms with Gasteiger partial charge in [0, 0.05) is 0 Å². The SMILES string of the molecule is CC1CCCC1.Cl. The Hall–Kier alpha value is 0.290. The molecule has 0 aromatic rings. The molecular weight excluding hydrogens is 108 g/mol. The molecule has 1 aliphatic carbocycles. The second-order valence-corrected chi connectivity index (χ2v) is 2.39. The smallest absolute Gasteiger partial charge is 0.0443 e. The summed E-state index contributed by atoms with van der Waals surface area (Å²) in [6, 6.07) is 0. The Morgan fingerprint density at radius 3 is 1.71 bits per heavy atom. The summed E-state index contributed by atoms with van der Waals surface area (Å²) in [4.78, 5) is 0. The molecule has 1 heteroatoms. The number of rotatable bonds is 0. The molecule has 0 bridgehead atoms. The van der Waals surface area contributed by atoms with Crippen LogP contribution in [0.25, 0.3) is 0 Å². The fraction of sp³-hybridized carbons (Fsp3) is 1.00. The van der Waals surface area contributed by atoms with Gasteiger partial charge in [0.1, 0.15) is 0 Å². The number of hydrogen-bond donors (Lipinski definition) is 0. The maximum atomic E-state index is 2.34. The fourth-order valence-electron chi connectivity index (χ4n) is 1.13. The Balaban J connectivity index is 0.000000360. The van der Waals surface area contributed by atoms with E-state index in [1.54, 1.807) is 0 Å². The van der Waals surface area contributed by atoms with Crippen LogP contribution in [-0.2, 0) is 0 Å². The lowest BCUT2D eigenvalue weighted by molar-refractivity contribution is 0.612. The maximum Gasteiger partial charge on any atom is -0.0443 e. The minimum absolute atomic E-state index is 0. The van der Waals surface area contributed by atoms with Crippen molar-refractivity contribution in [1.29, 1.82) is 0 Å². The maximum absolute atomic E-state index is 2.34. The van der Waals surface area contributed by atoms with Gasteiger partial charge in [-0.15, -0.1) is 12.4 Å². The third-order valence-electron chi connectivity index (χ3n) is 1.64. The van der Waals surface area contributed by atoms with Gasteiger partial charge in [-0.1, -0.05) is 32.6 Å². The van der Waals surface area contributed by atoms with Crippen molar-refractivity contribution in [3.63, 3.8) is 0 Å². The third kappa shape index (κ3) is 2.18. The average Bonchev–Trinajstić information content (AvgIpc) is 1.86. The highest BCUT2D eigenvalue weighted by Gasteiger charge is 2.07. The lowest BCUT2D eigenvalue weighted by Gasteiger charge is -1.91. The van der Waals surface area contributed by atoms with Crippen LogP contribution < -0.4 is 0 Å². The van der Waals surface area contributed by atoms with Crippen LogP contribution in [0.5, 0.6) is 0 Å². The van der Waals surface area contributed by atoms with Crippen LogP contribution in [0.2, 0.25) is 0 Å². The first-order valence-corrected chi connectivity index (χ1v) is 2.89. The molecule has 0 atom stereocenters. The topological polar surface area (TPSA) is 0 Å². The van der Waals surface area contributed by atoms with Gasteiger partial charge in [-0.25, -0.2) is 0 Å². The van der Waals surface area contributed by atoms with Gasteiger partial charge >= 0.3 is 0 Å². The first-order valence-electron chi connectivity index (χ1n) is 2.89. The minimum Gasteiger partial charge on any atom is -0.147 e. The average molecular weight is 121 g/mol. The second kappa shape index (κ2) is 3.31. The van der Waals surface area contributed by atoms with E-state index in [1.807, 2.05) is 0 Å². The van der Waals surface area contributed by atoms with Crippen molar-refractivity contribution in [3.05, 3.63) is 0 Å². The molecule has 0 aliphatic heterocycles. The van der Waals surface area contributed by atoms with Gasteiger partial charge in [0.25, 0.3) is 0 Å². The molecule has 7 heavy (non-hydrogen) atoms. The first kappa shape index (κ1) is 7.29. The van der Waals surface area contributed by atoms with E-state index in [2.05, 4.69) is 6.92 Å². The monoisotopic (exact) mass is 120 g/mol. The van der Waals surface area contributed by atoms with Crippen molar-refractivity contribution >= 4 is 12.4 Å². The first-order chi connectivity index (χ1) is 2.89. The largest absolute Gasteiger partial charge is 0.147 e. The van der Waals surface area contributed by atoms with Crippen molar-refractivity contribution in [2.75, 3.05) is 0 Å². The zero-order valence-electron chi connectivity index (χ0n) is 4.81. The standard InChI is InChI=1S/C6H12.ClH/c1-6-4-2-3-5-6;/h6H,2-5H2,1H3;1H. The van der Waals surface area contributed by atoms with Gasteiger partial charge in [0.15, 0.2) is 0 Å². The zero-order valence-corrected chi connectivity index (χ0v) is 5.63. The molecule has 1 rings (SSSR count). The second-order valence-electron chi connectivity index (χ2n) is 2.39. The summed E-state index contributed by atoms with van der Waals surface area (Å²) < 4.78 is 0. The van der Waals surface area contributed by atoms with Crippen LogP contribution in [0.4, 0.5) is 0 Å². The Bertz CT molecular complexity index is 37.4. The quantitative estimate of drug-likeness (QED) is 0.461. The molecule has 0 nitrogen and oxygen atoms in total. The van der Waals surface area contributed by atoms with Crippen LogP contribution >= 0.6 is 12.4 Å². The zero-order chi connectivity index (χ0) is 4.41. The van der Waals surface area contributed by atoms with E-state index < -0.39 is 0 Å². The fourth-order valence-corrected chi connectivity index (χ4v) is 1.13. The van der Waals surface area contributed by atoms with Crippen molar-refractivity contribution < 1.29 is 0 Å². The molecule has 0 unspecified atom stereocenters. The van der Waals surface area contributed by atoms with Crippen LogP contribution in [-0.4, -0.2) is 0 Å². The lowest BCUT2D eigenvalue weighted by Crippen LogP contribution is -1.78. The van der Waals surface area contributed by atoms with E-state index in [4.69, 9.17) is 0 Å². The van der Waals surface area contributed by atoms with Gasteiger partial charge in [0.05, 0.1) is 0 Å². The summed E-state index contributed by atoms with van der Waals surface area (Å²) in [7, 11) is 0. The van der Waals surface area contributed by atoms with Gasteiger partial charge in [-0.05, 0) is 5.92 Å². The summed E-state index contributed by atoms with van der Waals surface area (Å²) in [5, 5.41) is 0. The van der Waals surface area contributed by atoms with Crippen LogP contribution in [0, 0.1) is 5.92 Å². The van der Waals surface area contributed by atoms with Gasteiger partial charge in [-0.2, -0.15) is 0 Å². The molecule has 0 N–H and O–H groups in total. The molecule has 1 fully saturated rings. The van der Waals surface area contributed by atoms with E-state index in [0.717, 1.165) is 5.92 Å².